The summed E-state index contributed by atoms with van der Waals surface area (Å²) in [6, 6.07) is 0. The smallest absolute Gasteiger partial charge is 0.00463 e. The van der Waals surface area contributed by atoms with E-state index in [0.29, 0.717) is 0 Å². The van der Waals surface area contributed by atoms with Gasteiger partial charge in [-0.05, 0) is 37.1 Å². The molecule has 1 aliphatic rings. The van der Waals surface area contributed by atoms with Crippen LogP contribution in [0, 0.1) is 17.8 Å². The van der Waals surface area contributed by atoms with Crippen LogP contribution >= 0.6 is 0 Å². The minimum Gasteiger partial charge on any atom is -0.330 e. The Labute approximate surface area is 83.1 Å². The first-order valence-electron chi connectivity index (χ1n) is 6.01. The molecule has 1 saturated carbocycles. The van der Waals surface area contributed by atoms with Crippen LogP contribution in [0.4, 0.5) is 0 Å². The van der Waals surface area contributed by atoms with E-state index in [1.807, 2.05) is 0 Å². The summed E-state index contributed by atoms with van der Waals surface area (Å²) in [4.78, 5) is 0. The first kappa shape index (κ1) is 11.0. The van der Waals surface area contributed by atoms with Gasteiger partial charge in [-0.25, -0.2) is 0 Å². The normalized spacial score (nSPS) is 31.6. The van der Waals surface area contributed by atoms with Gasteiger partial charge in [0.1, 0.15) is 0 Å². The summed E-state index contributed by atoms with van der Waals surface area (Å²) < 4.78 is 0. The van der Waals surface area contributed by atoms with E-state index in [-0.39, 0.29) is 0 Å². The van der Waals surface area contributed by atoms with Crippen molar-refractivity contribution in [2.24, 2.45) is 23.5 Å². The average molecular weight is 183 g/mol. The van der Waals surface area contributed by atoms with E-state index in [1.165, 1.54) is 38.5 Å². The molecule has 0 aliphatic heterocycles. The Hall–Kier alpha value is -0.0400. The first-order chi connectivity index (χ1) is 6.31. The number of nitrogens with two attached hydrogens (primary N) is 1. The molecular weight excluding hydrogens is 158 g/mol. The van der Waals surface area contributed by atoms with Crippen molar-refractivity contribution in [2.45, 2.75) is 52.4 Å². The minimum atomic E-state index is 0.804. The lowest BCUT2D eigenvalue weighted by atomic mass is 9.74. The second-order valence-corrected chi connectivity index (χ2v) is 4.59. The zero-order valence-electron chi connectivity index (χ0n) is 9.26. The summed E-state index contributed by atoms with van der Waals surface area (Å²) in [5.74, 6) is 2.77. The van der Waals surface area contributed by atoms with Gasteiger partial charge in [0.15, 0.2) is 0 Å². The van der Waals surface area contributed by atoms with Gasteiger partial charge in [0.05, 0.1) is 0 Å². The third-order valence-electron chi connectivity index (χ3n) is 3.96. The highest BCUT2D eigenvalue weighted by molar-refractivity contribution is 4.77. The van der Waals surface area contributed by atoms with Gasteiger partial charge < -0.3 is 5.73 Å². The van der Waals surface area contributed by atoms with Gasteiger partial charge >= 0.3 is 0 Å². The molecule has 0 aromatic carbocycles. The largest absolute Gasteiger partial charge is 0.330 e. The van der Waals surface area contributed by atoms with Crippen LogP contribution in [0.2, 0.25) is 0 Å². The van der Waals surface area contributed by atoms with Crippen molar-refractivity contribution in [3.8, 4) is 0 Å². The van der Waals surface area contributed by atoms with Crippen LogP contribution in [-0.4, -0.2) is 6.54 Å². The van der Waals surface area contributed by atoms with Crippen LogP contribution in [0.3, 0.4) is 0 Å². The molecule has 13 heavy (non-hydrogen) atoms. The molecule has 1 heteroatoms. The fourth-order valence-electron chi connectivity index (χ4n) is 2.76. The van der Waals surface area contributed by atoms with Crippen LogP contribution in [0.1, 0.15) is 52.4 Å². The topological polar surface area (TPSA) is 26.0 Å². The summed E-state index contributed by atoms with van der Waals surface area (Å²) in [5.41, 5.74) is 5.78. The van der Waals surface area contributed by atoms with Gasteiger partial charge in [0.2, 0.25) is 0 Å². The molecule has 0 heterocycles. The molecule has 2 N–H and O–H groups in total. The van der Waals surface area contributed by atoms with Crippen molar-refractivity contribution >= 4 is 0 Å². The molecule has 1 rings (SSSR count). The Morgan fingerprint density at radius 2 is 1.77 bits per heavy atom. The lowest BCUT2D eigenvalue weighted by Crippen LogP contribution is -2.26. The van der Waals surface area contributed by atoms with E-state index in [0.717, 1.165) is 24.3 Å². The van der Waals surface area contributed by atoms with Gasteiger partial charge in [0, 0.05) is 0 Å². The van der Waals surface area contributed by atoms with E-state index < -0.39 is 0 Å². The maximum Gasteiger partial charge on any atom is -0.00463 e. The lowest BCUT2D eigenvalue weighted by molar-refractivity contribution is 0.200. The number of hydrogen-bond donors (Lipinski definition) is 1. The molecule has 1 atom stereocenters. The number of hydrogen-bond acceptors (Lipinski definition) is 1. The molecule has 0 spiro atoms. The predicted octanol–water partition coefficient (Wildman–Crippen LogP) is 3.19. The Morgan fingerprint density at radius 1 is 1.15 bits per heavy atom. The second kappa shape index (κ2) is 5.64. The average Bonchev–Trinajstić information content (AvgIpc) is 2.21. The molecule has 1 aliphatic carbocycles. The zero-order chi connectivity index (χ0) is 9.68. The van der Waals surface area contributed by atoms with Crippen molar-refractivity contribution in [1.82, 2.24) is 0 Å². The highest BCUT2D eigenvalue weighted by Gasteiger charge is 2.24. The Balaban J connectivity index is 2.30. The molecule has 1 unspecified atom stereocenters. The van der Waals surface area contributed by atoms with Gasteiger partial charge in [-0.1, -0.05) is 39.5 Å². The maximum atomic E-state index is 5.78. The van der Waals surface area contributed by atoms with Crippen molar-refractivity contribution in [3.63, 3.8) is 0 Å². The van der Waals surface area contributed by atoms with E-state index >= 15 is 0 Å². The van der Waals surface area contributed by atoms with Crippen LogP contribution in [0.5, 0.6) is 0 Å². The Morgan fingerprint density at radius 3 is 2.15 bits per heavy atom. The quantitative estimate of drug-likeness (QED) is 0.711. The van der Waals surface area contributed by atoms with E-state index in [2.05, 4.69) is 13.8 Å². The lowest BCUT2D eigenvalue weighted by Gasteiger charge is -2.32. The van der Waals surface area contributed by atoms with E-state index in [4.69, 9.17) is 5.73 Å². The molecular formula is C12H25N. The zero-order valence-corrected chi connectivity index (χ0v) is 9.26. The highest BCUT2D eigenvalue weighted by atomic mass is 14.6. The van der Waals surface area contributed by atoms with Gasteiger partial charge in [0.25, 0.3) is 0 Å². The molecule has 0 aromatic heterocycles. The molecule has 78 valence electrons. The van der Waals surface area contributed by atoms with Gasteiger partial charge in [-0.3, -0.25) is 0 Å². The monoisotopic (exact) mass is 183 g/mol. The van der Waals surface area contributed by atoms with E-state index in [1.54, 1.807) is 0 Å². The molecule has 0 amide bonds. The van der Waals surface area contributed by atoms with Crippen LogP contribution in [-0.2, 0) is 0 Å². The highest BCUT2D eigenvalue weighted by Crippen LogP contribution is 2.35. The molecule has 0 aromatic rings. The fraction of sp³-hybridized carbons (Fsp3) is 1.00. The van der Waals surface area contributed by atoms with Crippen LogP contribution in [0.25, 0.3) is 0 Å². The first-order valence-corrected chi connectivity index (χ1v) is 6.01. The molecule has 0 saturated heterocycles. The third-order valence-corrected chi connectivity index (χ3v) is 3.96. The van der Waals surface area contributed by atoms with Crippen LogP contribution in [0.15, 0.2) is 0 Å². The Bertz CT molecular complexity index is 121. The summed E-state index contributed by atoms with van der Waals surface area (Å²) in [5, 5.41) is 0. The van der Waals surface area contributed by atoms with Gasteiger partial charge in [-0.2, -0.15) is 0 Å². The molecule has 1 fully saturated rings. The standard InChI is InChI=1S/C12H25N/c1-3-10-5-7-12(8-6-10)11(4-2)9-13/h10-12H,3-9,13H2,1-2H3. The van der Waals surface area contributed by atoms with Crippen molar-refractivity contribution in [2.75, 3.05) is 6.54 Å². The predicted molar refractivity (Wildman–Crippen MR) is 58.6 cm³/mol. The van der Waals surface area contributed by atoms with Crippen molar-refractivity contribution in [1.29, 1.82) is 0 Å². The second-order valence-electron chi connectivity index (χ2n) is 4.59. The van der Waals surface area contributed by atoms with Crippen LogP contribution < -0.4 is 5.73 Å². The Kier molecular flexibility index (Phi) is 4.79. The summed E-state index contributed by atoms with van der Waals surface area (Å²) in [6.45, 7) is 5.51. The molecule has 1 nitrogen and oxygen atoms in total. The third kappa shape index (κ3) is 2.98. The summed E-state index contributed by atoms with van der Waals surface area (Å²) >= 11 is 0. The minimum absolute atomic E-state index is 0.804. The number of rotatable bonds is 4. The summed E-state index contributed by atoms with van der Waals surface area (Å²) in [7, 11) is 0. The van der Waals surface area contributed by atoms with Crippen molar-refractivity contribution < 1.29 is 0 Å². The fourth-order valence-corrected chi connectivity index (χ4v) is 2.76. The van der Waals surface area contributed by atoms with Crippen molar-refractivity contribution in [3.05, 3.63) is 0 Å². The van der Waals surface area contributed by atoms with Gasteiger partial charge in [-0.15, -0.1) is 0 Å². The SMILES string of the molecule is CCC1CCC(C(CC)CN)CC1. The molecule has 0 bridgehead atoms. The summed E-state index contributed by atoms with van der Waals surface area (Å²) in [6.07, 6.45) is 8.45. The molecule has 0 radical (unpaired) electrons. The van der Waals surface area contributed by atoms with E-state index in [9.17, 15) is 0 Å². The maximum absolute atomic E-state index is 5.78.